The third-order valence-corrected chi connectivity index (χ3v) is 1.99. The summed E-state index contributed by atoms with van der Waals surface area (Å²) in [6.07, 6.45) is -2.06. The molecular weight excluding hydrogens is 262 g/mol. The van der Waals surface area contributed by atoms with E-state index in [1.54, 1.807) is 0 Å². The summed E-state index contributed by atoms with van der Waals surface area (Å²) in [5, 5.41) is 0. The Labute approximate surface area is 81.2 Å². The number of rotatable bonds is 0. The molecule has 0 bridgehead atoms. The summed E-state index contributed by atoms with van der Waals surface area (Å²) < 4.78 is 122. The lowest BCUT2D eigenvalue weighted by atomic mass is 9.83. The molecule has 0 nitrogen and oxygen atoms in total. The van der Waals surface area contributed by atoms with Gasteiger partial charge in [-0.25, -0.2) is 0 Å². The van der Waals surface area contributed by atoms with Crippen LogP contribution < -0.4 is 0 Å². The van der Waals surface area contributed by atoms with Crippen molar-refractivity contribution in [2.75, 3.05) is 0 Å². The van der Waals surface area contributed by atoms with E-state index in [0.717, 1.165) is 0 Å². The van der Waals surface area contributed by atoms with Crippen molar-refractivity contribution in [2.45, 2.75) is 29.6 Å². The molecule has 0 aromatic rings. The first-order valence-electron chi connectivity index (χ1n) is 3.47. The second kappa shape index (κ2) is 2.76. The maximum Gasteiger partial charge on any atom is 0.384 e. The van der Waals surface area contributed by atoms with Crippen LogP contribution >= 0.6 is 0 Å². The first-order chi connectivity index (χ1) is 6.71. The molecule has 0 spiro atoms. The monoisotopic (exact) mass is 263 g/mol. The van der Waals surface area contributed by atoms with Crippen molar-refractivity contribution in [3.05, 3.63) is 6.42 Å². The zero-order valence-corrected chi connectivity index (χ0v) is 6.86. The average molecular weight is 263 g/mol. The van der Waals surface area contributed by atoms with Gasteiger partial charge in [-0.05, 0) is 0 Å². The van der Waals surface area contributed by atoms with Crippen LogP contribution in [0.2, 0.25) is 0 Å². The molecule has 0 aliphatic heterocycles. The van der Waals surface area contributed by atoms with E-state index in [2.05, 4.69) is 0 Å². The van der Waals surface area contributed by atoms with Gasteiger partial charge in [-0.1, -0.05) is 0 Å². The standard InChI is InChI=1S/C6HF10/c7-2(8)1-3(9,10)5(13,14)6(15,16)4(2,11)12/h1H. The third kappa shape index (κ3) is 1.18. The average Bonchev–Trinajstić information content (AvgIpc) is 1.98. The van der Waals surface area contributed by atoms with E-state index in [4.69, 9.17) is 0 Å². The lowest BCUT2D eigenvalue weighted by Gasteiger charge is -2.44. The van der Waals surface area contributed by atoms with Gasteiger partial charge in [-0.15, -0.1) is 0 Å². The van der Waals surface area contributed by atoms with Crippen LogP contribution in [-0.4, -0.2) is 29.6 Å². The summed E-state index contributed by atoms with van der Waals surface area (Å²) in [5.74, 6) is -32.1. The number of hydrogen-bond donors (Lipinski definition) is 0. The van der Waals surface area contributed by atoms with Gasteiger partial charge in [0.05, 0.1) is 0 Å². The van der Waals surface area contributed by atoms with Gasteiger partial charge in [0, 0.05) is 0 Å². The van der Waals surface area contributed by atoms with Gasteiger partial charge in [0.15, 0.2) is 0 Å². The van der Waals surface area contributed by atoms with Crippen LogP contribution in [0.15, 0.2) is 0 Å². The second-order valence-electron chi connectivity index (χ2n) is 3.11. The van der Waals surface area contributed by atoms with Crippen molar-refractivity contribution < 1.29 is 43.9 Å². The summed E-state index contributed by atoms with van der Waals surface area (Å²) in [6, 6.07) is 0. The smallest absolute Gasteiger partial charge is 0.199 e. The molecule has 1 fully saturated rings. The number of alkyl halides is 10. The van der Waals surface area contributed by atoms with Gasteiger partial charge in [0.2, 0.25) is 0 Å². The van der Waals surface area contributed by atoms with Gasteiger partial charge in [0.1, 0.15) is 6.42 Å². The molecule has 0 saturated heterocycles. The van der Waals surface area contributed by atoms with Gasteiger partial charge in [-0.3, -0.25) is 0 Å². The van der Waals surface area contributed by atoms with Crippen LogP contribution in [0.4, 0.5) is 43.9 Å². The molecule has 16 heavy (non-hydrogen) atoms. The van der Waals surface area contributed by atoms with Crippen molar-refractivity contribution in [1.29, 1.82) is 0 Å². The van der Waals surface area contributed by atoms with Crippen molar-refractivity contribution >= 4 is 0 Å². The third-order valence-electron chi connectivity index (χ3n) is 1.99. The van der Waals surface area contributed by atoms with Crippen LogP contribution in [0.5, 0.6) is 0 Å². The van der Waals surface area contributed by atoms with E-state index in [-0.39, 0.29) is 0 Å². The topological polar surface area (TPSA) is 0 Å². The highest BCUT2D eigenvalue weighted by atomic mass is 19.4. The van der Waals surface area contributed by atoms with Gasteiger partial charge < -0.3 is 0 Å². The molecule has 0 aromatic heterocycles. The van der Waals surface area contributed by atoms with E-state index >= 15 is 0 Å². The zero-order valence-electron chi connectivity index (χ0n) is 6.86. The van der Waals surface area contributed by atoms with E-state index < -0.39 is 36.0 Å². The Hall–Kier alpha value is -0.700. The highest BCUT2D eigenvalue weighted by Crippen LogP contribution is 2.63. The molecule has 0 aromatic carbocycles. The SMILES string of the molecule is FC1(F)[CH]C(F)(F)C(F)(F)C(F)(F)C1(F)F. The molecule has 1 radical (unpaired) electrons. The van der Waals surface area contributed by atoms with Crippen LogP contribution in [-0.2, 0) is 0 Å². The van der Waals surface area contributed by atoms with Crippen LogP contribution in [0.25, 0.3) is 0 Å². The van der Waals surface area contributed by atoms with Crippen molar-refractivity contribution in [3.8, 4) is 0 Å². The minimum Gasteiger partial charge on any atom is -0.199 e. The minimum absolute atomic E-state index is 2.06. The Morgan fingerprint density at radius 3 is 0.938 bits per heavy atom. The summed E-state index contributed by atoms with van der Waals surface area (Å²) in [7, 11) is 0. The molecule has 1 aliphatic rings. The molecule has 0 heterocycles. The molecule has 10 heteroatoms. The molecule has 95 valence electrons. The second-order valence-corrected chi connectivity index (χ2v) is 3.11. The summed E-state index contributed by atoms with van der Waals surface area (Å²) in [6.45, 7) is 0. The van der Waals surface area contributed by atoms with E-state index in [1.807, 2.05) is 0 Å². The first-order valence-corrected chi connectivity index (χ1v) is 3.47. The van der Waals surface area contributed by atoms with Crippen molar-refractivity contribution in [3.63, 3.8) is 0 Å². The predicted octanol–water partition coefficient (Wildman–Crippen LogP) is 3.38. The lowest BCUT2D eigenvalue weighted by molar-refractivity contribution is -0.422. The first kappa shape index (κ1) is 13.4. The quantitative estimate of drug-likeness (QED) is 0.588. The molecule has 1 saturated carbocycles. The highest BCUT2D eigenvalue weighted by Gasteiger charge is 2.92. The van der Waals surface area contributed by atoms with Crippen LogP contribution in [0.1, 0.15) is 0 Å². The Bertz CT molecular complexity index is 274. The van der Waals surface area contributed by atoms with E-state index in [9.17, 15) is 43.9 Å². The summed E-state index contributed by atoms with van der Waals surface area (Å²) in [4.78, 5) is 0. The predicted molar refractivity (Wildman–Crippen MR) is 29.0 cm³/mol. The largest absolute Gasteiger partial charge is 0.384 e. The van der Waals surface area contributed by atoms with E-state index in [1.165, 1.54) is 0 Å². The maximum absolute atomic E-state index is 12.3. The number of halogens is 10. The minimum atomic E-state index is -6.86. The number of hydrogen-bond acceptors (Lipinski definition) is 0. The molecule has 1 rings (SSSR count). The van der Waals surface area contributed by atoms with Gasteiger partial charge in [-0.2, -0.15) is 43.9 Å². The summed E-state index contributed by atoms with van der Waals surface area (Å²) >= 11 is 0. The Balaban J connectivity index is 3.43. The Kier molecular flexibility index (Phi) is 2.30. The van der Waals surface area contributed by atoms with Crippen molar-refractivity contribution in [1.82, 2.24) is 0 Å². The molecule has 0 amide bonds. The lowest BCUT2D eigenvalue weighted by Crippen LogP contribution is -2.73. The van der Waals surface area contributed by atoms with Gasteiger partial charge in [0.25, 0.3) is 0 Å². The molecule has 0 N–H and O–H groups in total. The summed E-state index contributed by atoms with van der Waals surface area (Å²) in [5.41, 5.74) is 0. The Morgan fingerprint density at radius 1 is 0.438 bits per heavy atom. The fourth-order valence-electron chi connectivity index (χ4n) is 1.02. The molecule has 1 aliphatic carbocycles. The van der Waals surface area contributed by atoms with Crippen LogP contribution in [0, 0.1) is 6.42 Å². The fourth-order valence-corrected chi connectivity index (χ4v) is 1.02. The fraction of sp³-hybridized carbons (Fsp3) is 0.833. The molecule has 0 unspecified atom stereocenters. The normalized spacial score (nSPS) is 33.4. The van der Waals surface area contributed by atoms with Gasteiger partial charge >= 0.3 is 29.6 Å². The highest BCUT2D eigenvalue weighted by molar-refractivity contribution is 5.23. The van der Waals surface area contributed by atoms with E-state index in [0.29, 0.717) is 0 Å². The molecular formula is C6HF10. The Morgan fingerprint density at radius 2 is 0.688 bits per heavy atom. The van der Waals surface area contributed by atoms with Crippen molar-refractivity contribution in [2.24, 2.45) is 0 Å². The maximum atomic E-state index is 12.3. The zero-order chi connectivity index (χ0) is 13.2. The molecule has 0 atom stereocenters. The van der Waals surface area contributed by atoms with Crippen LogP contribution in [0.3, 0.4) is 0 Å².